The van der Waals surface area contributed by atoms with Gasteiger partial charge in [0.1, 0.15) is 5.82 Å². The molecule has 2 rings (SSSR count). The Morgan fingerprint density at radius 1 is 1.50 bits per heavy atom. The van der Waals surface area contributed by atoms with Gasteiger partial charge < -0.3 is 10.3 Å². The SMILES string of the molecule is CCCC1CCCN(C(=O)c2ccnc(NN)c2)CC1. The first-order valence-electron chi connectivity index (χ1n) is 7.46. The van der Waals surface area contributed by atoms with Gasteiger partial charge in [0.2, 0.25) is 0 Å². The molecule has 5 nitrogen and oxygen atoms in total. The van der Waals surface area contributed by atoms with Crippen molar-refractivity contribution in [2.75, 3.05) is 18.5 Å². The van der Waals surface area contributed by atoms with Gasteiger partial charge in [-0.3, -0.25) is 4.79 Å². The lowest BCUT2D eigenvalue weighted by Gasteiger charge is -2.21. The summed E-state index contributed by atoms with van der Waals surface area (Å²) in [6.07, 6.45) is 7.58. The number of nitrogens with two attached hydrogens (primary N) is 1. The van der Waals surface area contributed by atoms with Crippen LogP contribution in [0.2, 0.25) is 0 Å². The Hall–Kier alpha value is -1.62. The van der Waals surface area contributed by atoms with Crippen LogP contribution in [-0.2, 0) is 0 Å². The van der Waals surface area contributed by atoms with E-state index in [2.05, 4.69) is 17.3 Å². The van der Waals surface area contributed by atoms with E-state index in [4.69, 9.17) is 5.84 Å². The highest BCUT2D eigenvalue weighted by Gasteiger charge is 2.21. The average Bonchev–Trinajstić information content (AvgIpc) is 2.73. The molecule has 2 heterocycles. The first-order valence-corrected chi connectivity index (χ1v) is 7.46. The van der Waals surface area contributed by atoms with Gasteiger partial charge in [0.05, 0.1) is 0 Å². The number of hydrogen-bond acceptors (Lipinski definition) is 4. The fraction of sp³-hybridized carbons (Fsp3) is 0.600. The van der Waals surface area contributed by atoms with Crippen LogP contribution in [0.5, 0.6) is 0 Å². The normalized spacial score (nSPS) is 19.5. The summed E-state index contributed by atoms with van der Waals surface area (Å²) in [6, 6.07) is 3.45. The maximum atomic E-state index is 12.5. The molecule has 110 valence electrons. The Morgan fingerprint density at radius 2 is 2.35 bits per heavy atom. The minimum absolute atomic E-state index is 0.0843. The van der Waals surface area contributed by atoms with Crippen molar-refractivity contribution in [1.82, 2.24) is 9.88 Å². The van der Waals surface area contributed by atoms with Crippen LogP contribution in [0, 0.1) is 5.92 Å². The smallest absolute Gasteiger partial charge is 0.254 e. The summed E-state index contributed by atoms with van der Waals surface area (Å²) in [5, 5.41) is 0. The van der Waals surface area contributed by atoms with E-state index < -0.39 is 0 Å². The van der Waals surface area contributed by atoms with Gasteiger partial charge in [-0.05, 0) is 37.3 Å². The van der Waals surface area contributed by atoms with Crippen LogP contribution in [0.3, 0.4) is 0 Å². The number of aromatic nitrogens is 1. The summed E-state index contributed by atoms with van der Waals surface area (Å²) in [5.74, 6) is 6.72. The number of anilines is 1. The highest BCUT2D eigenvalue weighted by molar-refractivity contribution is 5.94. The zero-order valence-electron chi connectivity index (χ0n) is 12.1. The average molecular weight is 276 g/mol. The molecule has 1 aliphatic rings. The summed E-state index contributed by atoms with van der Waals surface area (Å²) in [4.78, 5) is 18.5. The molecule has 0 bridgehead atoms. The number of nitrogens with zero attached hydrogens (tertiary/aromatic N) is 2. The summed E-state index contributed by atoms with van der Waals surface area (Å²) in [6.45, 7) is 3.94. The number of likely N-dealkylation sites (tertiary alicyclic amines) is 1. The number of carbonyl (C=O) groups excluding carboxylic acids is 1. The second-order valence-corrected chi connectivity index (χ2v) is 5.45. The number of amides is 1. The van der Waals surface area contributed by atoms with E-state index in [-0.39, 0.29) is 5.91 Å². The van der Waals surface area contributed by atoms with Crippen LogP contribution in [0.1, 0.15) is 49.4 Å². The lowest BCUT2D eigenvalue weighted by molar-refractivity contribution is 0.0760. The largest absolute Gasteiger partial charge is 0.339 e. The minimum Gasteiger partial charge on any atom is -0.339 e. The molecule has 5 heteroatoms. The molecule has 0 aliphatic carbocycles. The van der Waals surface area contributed by atoms with Gasteiger partial charge in [-0.15, -0.1) is 0 Å². The quantitative estimate of drug-likeness (QED) is 0.654. The van der Waals surface area contributed by atoms with Gasteiger partial charge in [-0.2, -0.15) is 0 Å². The van der Waals surface area contributed by atoms with E-state index in [1.54, 1.807) is 18.3 Å². The topological polar surface area (TPSA) is 71.2 Å². The predicted octanol–water partition coefficient (Wildman–Crippen LogP) is 2.41. The third-order valence-electron chi connectivity index (χ3n) is 3.99. The van der Waals surface area contributed by atoms with E-state index in [9.17, 15) is 4.79 Å². The van der Waals surface area contributed by atoms with E-state index in [0.717, 1.165) is 31.8 Å². The van der Waals surface area contributed by atoms with Crippen molar-refractivity contribution in [1.29, 1.82) is 0 Å². The van der Waals surface area contributed by atoms with Crippen molar-refractivity contribution < 1.29 is 4.79 Å². The molecule has 3 N–H and O–H groups in total. The summed E-state index contributed by atoms with van der Waals surface area (Å²) >= 11 is 0. The lowest BCUT2D eigenvalue weighted by Crippen LogP contribution is -2.32. The Kier molecular flexibility index (Phi) is 5.35. The summed E-state index contributed by atoms with van der Waals surface area (Å²) < 4.78 is 0. The molecule has 0 aromatic carbocycles. The molecule has 1 unspecified atom stereocenters. The van der Waals surface area contributed by atoms with Gasteiger partial charge in [0.25, 0.3) is 5.91 Å². The third kappa shape index (κ3) is 3.70. The second kappa shape index (κ2) is 7.24. The van der Waals surface area contributed by atoms with Crippen molar-refractivity contribution in [2.24, 2.45) is 11.8 Å². The van der Waals surface area contributed by atoms with Gasteiger partial charge in [0, 0.05) is 24.8 Å². The van der Waals surface area contributed by atoms with Crippen LogP contribution < -0.4 is 11.3 Å². The second-order valence-electron chi connectivity index (χ2n) is 5.45. The fourth-order valence-electron chi connectivity index (χ4n) is 2.89. The molecular weight excluding hydrogens is 252 g/mol. The van der Waals surface area contributed by atoms with Crippen LogP contribution in [-0.4, -0.2) is 28.9 Å². The Balaban J connectivity index is 2.01. The van der Waals surface area contributed by atoms with Crippen molar-refractivity contribution in [3.63, 3.8) is 0 Å². The van der Waals surface area contributed by atoms with Gasteiger partial charge in [-0.25, -0.2) is 10.8 Å². The fourth-order valence-corrected chi connectivity index (χ4v) is 2.89. The van der Waals surface area contributed by atoms with E-state index in [1.165, 1.54) is 19.3 Å². The van der Waals surface area contributed by atoms with Gasteiger partial charge in [-0.1, -0.05) is 19.8 Å². The number of rotatable bonds is 4. The monoisotopic (exact) mass is 276 g/mol. The molecule has 1 aromatic rings. The maximum Gasteiger partial charge on any atom is 0.254 e. The molecule has 0 spiro atoms. The standard InChI is InChI=1S/C15H24N4O/c1-2-4-12-5-3-9-19(10-7-12)15(20)13-6-8-17-14(11-13)18-16/h6,8,11-12H,2-5,7,9-10,16H2,1H3,(H,17,18). The molecule has 1 aromatic heterocycles. The Labute approximate surface area is 120 Å². The first kappa shape index (κ1) is 14.8. The van der Waals surface area contributed by atoms with Crippen molar-refractivity contribution >= 4 is 11.7 Å². The highest BCUT2D eigenvalue weighted by Crippen LogP contribution is 2.23. The number of carbonyl (C=O) groups is 1. The number of pyridine rings is 1. The number of nitrogen functional groups attached to an aromatic ring is 1. The van der Waals surface area contributed by atoms with Crippen molar-refractivity contribution in [3.05, 3.63) is 23.9 Å². The zero-order chi connectivity index (χ0) is 14.4. The first-order chi connectivity index (χ1) is 9.74. The van der Waals surface area contributed by atoms with Crippen LogP contribution in [0.4, 0.5) is 5.82 Å². The van der Waals surface area contributed by atoms with Crippen LogP contribution in [0.25, 0.3) is 0 Å². The molecule has 1 fully saturated rings. The molecule has 0 saturated carbocycles. The highest BCUT2D eigenvalue weighted by atomic mass is 16.2. The summed E-state index contributed by atoms with van der Waals surface area (Å²) in [5.41, 5.74) is 3.13. The van der Waals surface area contributed by atoms with Crippen LogP contribution >= 0.6 is 0 Å². The van der Waals surface area contributed by atoms with Crippen LogP contribution in [0.15, 0.2) is 18.3 Å². The minimum atomic E-state index is 0.0843. The van der Waals surface area contributed by atoms with E-state index in [0.29, 0.717) is 11.4 Å². The van der Waals surface area contributed by atoms with Gasteiger partial charge >= 0.3 is 0 Å². The molecular formula is C15H24N4O. The van der Waals surface area contributed by atoms with Crippen molar-refractivity contribution in [3.8, 4) is 0 Å². The molecule has 1 saturated heterocycles. The third-order valence-corrected chi connectivity index (χ3v) is 3.99. The Bertz CT molecular complexity index is 449. The van der Waals surface area contributed by atoms with Gasteiger partial charge in [0.15, 0.2) is 0 Å². The van der Waals surface area contributed by atoms with Crippen molar-refractivity contribution in [2.45, 2.75) is 39.0 Å². The molecule has 1 atom stereocenters. The molecule has 1 amide bonds. The van der Waals surface area contributed by atoms with E-state index >= 15 is 0 Å². The number of hydrazine groups is 1. The number of nitrogens with one attached hydrogen (secondary N) is 1. The maximum absolute atomic E-state index is 12.5. The predicted molar refractivity (Wildman–Crippen MR) is 80.2 cm³/mol. The number of hydrogen-bond donors (Lipinski definition) is 2. The summed E-state index contributed by atoms with van der Waals surface area (Å²) in [7, 11) is 0. The lowest BCUT2D eigenvalue weighted by atomic mass is 9.96. The van der Waals surface area contributed by atoms with E-state index in [1.807, 2.05) is 4.90 Å². The molecule has 0 radical (unpaired) electrons. The Morgan fingerprint density at radius 3 is 3.10 bits per heavy atom. The molecule has 1 aliphatic heterocycles. The zero-order valence-corrected chi connectivity index (χ0v) is 12.1. The molecule has 20 heavy (non-hydrogen) atoms.